The largest absolute Gasteiger partial charge is 0.375 e. The van der Waals surface area contributed by atoms with E-state index >= 15 is 0 Å². The maximum atomic E-state index is 12.8. The molecular weight excluding hydrogens is 348 g/mol. The number of carbonyl (C=O) groups excluding carboxylic acids is 1. The van der Waals surface area contributed by atoms with Crippen LogP contribution in [-0.2, 0) is 22.6 Å². The van der Waals surface area contributed by atoms with Crippen molar-refractivity contribution in [2.75, 3.05) is 26.2 Å². The predicted molar refractivity (Wildman–Crippen MR) is 99.5 cm³/mol. The molecule has 1 aliphatic carbocycles. The highest BCUT2D eigenvalue weighted by molar-refractivity contribution is 7.09. The number of hydrogen-bond donors (Lipinski definition) is 0. The van der Waals surface area contributed by atoms with Gasteiger partial charge in [0.25, 0.3) is 0 Å². The predicted octanol–water partition coefficient (Wildman–Crippen LogP) is 2.18. The Morgan fingerprint density at radius 3 is 2.88 bits per heavy atom. The quantitative estimate of drug-likeness (QED) is 0.746. The lowest BCUT2D eigenvalue weighted by molar-refractivity contribution is -0.132. The Morgan fingerprint density at radius 1 is 1.23 bits per heavy atom. The van der Waals surface area contributed by atoms with Crippen molar-refractivity contribution in [2.24, 2.45) is 5.92 Å². The van der Waals surface area contributed by atoms with Crippen molar-refractivity contribution < 1.29 is 9.53 Å². The summed E-state index contributed by atoms with van der Waals surface area (Å²) < 4.78 is 6.18. The van der Waals surface area contributed by atoms with E-state index in [1.807, 2.05) is 34.8 Å². The first-order valence-electron chi connectivity index (χ1n) is 9.15. The van der Waals surface area contributed by atoms with Crippen molar-refractivity contribution in [3.63, 3.8) is 0 Å². The first kappa shape index (κ1) is 17.6. The van der Waals surface area contributed by atoms with Crippen LogP contribution in [0.3, 0.4) is 0 Å². The maximum Gasteiger partial charge on any atom is 0.237 e. The van der Waals surface area contributed by atoms with E-state index < -0.39 is 0 Å². The van der Waals surface area contributed by atoms with Crippen LogP contribution < -0.4 is 0 Å². The van der Waals surface area contributed by atoms with Gasteiger partial charge in [0.15, 0.2) is 0 Å². The molecule has 0 radical (unpaired) electrons. The van der Waals surface area contributed by atoms with Crippen LogP contribution in [0.5, 0.6) is 0 Å². The van der Waals surface area contributed by atoms with E-state index in [1.165, 1.54) is 12.8 Å². The summed E-state index contributed by atoms with van der Waals surface area (Å²) in [6, 6.07) is 3.92. The van der Waals surface area contributed by atoms with Gasteiger partial charge in [-0.1, -0.05) is 6.07 Å². The summed E-state index contributed by atoms with van der Waals surface area (Å²) in [5.74, 6) is 0.857. The maximum absolute atomic E-state index is 12.8. The van der Waals surface area contributed by atoms with E-state index in [2.05, 4.69) is 14.9 Å². The number of thiazole rings is 1. The SMILES string of the molecule is O=C1CN(Cc2nccs2)CC(OCC2CC2)CN1Cc1cccnc1. The third-order valence-electron chi connectivity index (χ3n) is 4.80. The average molecular weight is 372 g/mol. The van der Waals surface area contributed by atoms with Crippen LogP contribution in [0, 0.1) is 5.92 Å². The summed E-state index contributed by atoms with van der Waals surface area (Å²) in [5.41, 5.74) is 1.05. The second kappa shape index (κ2) is 8.24. The molecule has 0 N–H and O–H groups in total. The monoisotopic (exact) mass is 372 g/mol. The van der Waals surface area contributed by atoms with Gasteiger partial charge in [0.05, 0.1) is 19.2 Å². The van der Waals surface area contributed by atoms with E-state index in [4.69, 9.17) is 4.74 Å². The van der Waals surface area contributed by atoms with Crippen LogP contribution in [0.4, 0.5) is 0 Å². The summed E-state index contributed by atoms with van der Waals surface area (Å²) in [6.45, 7) is 3.90. The number of aromatic nitrogens is 2. The third kappa shape index (κ3) is 4.87. The van der Waals surface area contributed by atoms with Crippen LogP contribution in [0.2, 0.25) is 0 Å². The number of amides is 1. The smallest absolute Gasteiger partial charge is 0.237 e. The molecule has 26 heavy (non-hydrogen) atoms. The Kier molecular flexibility index (Phi) is 5.57. The van der Waals surface area contributed by atoms with Gasteiger partial charge in [-0.3, -0.25) is 14.7 Å². The molecule has 7 heteroatoms. The molecule has 6 nitrogen and oxygen atoms in total. The van der Waals surface area contributed by atoms with Gasteiger partial charge in [-0.25, -0.2) is 4.98 Å². The zero-order chi connectivity index (χ0) is 17.8. The van der Waals surface area contributed by atoms with E-state index in [0.717, 1.165) is 23.7 Å². The number of rotatable bonds is 7. The number of pyridine rings is 1. The minimum Gasteiger partial charge on any atom is -0.375 e. The number of nitrogens with zero attached hydrogens (tertiary/aromatic N) is 4. The summed E-state index contributed by atoms with van der Waals surface area (Å²) in [4.78, 5) is 25.5. The Morgan fingerprint density at radius 2 is 2.15 bits per heavy atom. The van der Waals surface area contributed by atoms with Crippen molar-refractivity contribution in [3.05, 3.63) is 46.7 Å². The highest BCUT2D eigenvalue weighted by Crippen LogP contribution is 2.29. The van der Waals surface area contributed by atoms with Crippen molar-refractivity contribution in [3.8, 4) is 0 Å². The summed E-state index contributed by atoms with van der Waals surface area (Å²) >= 11 is 1.63. The zero-order valence-electron chi connectivity index (χ0n) is 14.8. The summed E-state index contributed by atoms with van der Waals surface area (Å²) in [7, 11) is 0. The average Bonchev–Trinajstić information content (AvgIpc) is 3.36. The Labute approximate surface area is 157 Å². The lowest BCUT2D eigenvalue weighted by Gasteiger charge is -2.24. The lowest BCUT2D eigenvalue weighted by Crippen LogP contribution is -2.37. The Hall–Kier alpha value is -1.83. The molecule has 0 aromatic carbocycles. The fourth-order valence-electron chi connectivity index (χ4n) is 3.22. The summed E-state index contributed by atoms with van der Waals surface area (Å²) in [6.07, 6.45) is 7.98. The lowest BCUT2D eigenvalue weighted by atomic mass is 10.2. The highest BCUT2D eigenvalue weighted by atomic mass is 32.1. The number of ether oxygens (including phenoxy) is 1. The molecule has 0 spiro atoms. The molecule has 1 aliphatic heterocycles. The minimum absolute atomic E-state index is 0.0404. The standard InChI is InChI=1S/C19H24N4O2S/c24-19-13-22(12-18-21-6-7-26-18)10-17(25-14-15-3-4-15)11-23(19)9-16-2-1-5-20-8-16/h1-2,5-8,15,17H,3-4,9-14H2. The number of hydrogen-bond acceptors (Lipinski definition) is 6. The topological polar surface area (TPSA) is 58.6 Å². The van der Waals surface area contributed by atoms with E-state index in [9.17, 15) is 4.79 Å². The van der Waals surface area contributed by atoms with Gasteiger partial charge < -0.3 is 9.64 Å². The molecule has 4 rings (SSSR count). The second-order valence-electron chi connectivity index (χ2n) is 7.13. The van der Waals surface area contributed by atoms with Crippen LogP contribution in [-0.4, -0.2) is 58.0 Å². The third-order valence-corrected chi connectivity index (χ3v) is 5.56. The van der Waals surface area contributed by atoms with Gasteiger partial charge in [0.1, 0.15) is 5.01 Å². The van der Waals surface area contributed by atoms with Gasteiger partial charge >= 0.3 is 0 Å². The van der Waals surface area contributed by atoms with E-state index in [0.29, 0.717) is 32.1 Å². The van der Waals surface area contributed by atoms with Crippen LogP contribution in [0.15, 0.2) is 36.1 Å². The molecule has 0 bridgehead atoms. The summed E-state index contributed by atoms with van der Waals surface area (Å²) in [5, 5.41) is 3.02. The molecule has 2 aliphatic rings. The van der Waals surface area contributed by atoms with Gasteiger partial charge in [-0.15, -0.1) is 11.3 Å². The molecule has 1 saturated heterocycles. The van der Waals surface area contributed by atoms with Crippen molar-refractivity contribution in [1.29, 1.82) is 0 Å². The number of carbonyl (C=O) groups is 1. The molecule has 1 unspecified atom stereocenters. The molecule has 138 valence electrons. The molecule has 1 amide bonds. The van der Waals surface area contributed by atoms with Crippen LogP contribution >= 0.6 is 11.3 Å². The highest BCUT2D eigenvalue weighted by Gasteiger charge is 2.30. The first-order valence-corrected chi connectivity index (χ1v) is 10.0. The van der Waals surface area contributed by atoms with Crippen LogP contribution in [0.1, 0.15) is 23.4 Å². The Bertz CT molecular complexity index is 706. The first-order chi connectivity index (χ1) is 12.8. The fraction of sp³-hybridized carbons (Fsp3) is 0.526. The van der Waals surface area contributed by atoms with Gasteiger partial charge in [0, 0.05) is 50.2 Å². The Balaban J connectivity index is 1.45. The molecule has 1 atom stereocenters. The van der Waals surface area contributed by atoms with Gasteiger partial charge in [-0.2, -0.15) is 0 Å². The van der Waals surface area contributed by atoms with Gasteiger partial charge in [-0.05, 0) is 30.4 Å². The van der Waals surface area contributed by atoms with Gasteiger partial charge in [0.2, 0.25) is 5.91 Å². The molecule has 2 aromatic rings. The van der Waals surface area contributed by atoms with E-state index in [1.54, 1.807) is 17.5 Å². The molecule has 1 saturated carbocycles. The molecule has 2 fully saturated rings. The molecule has 3 heterocycles. The normalized spacial score (nSPS) is 21.8. The zero-order valence-corrected chi connectivity index (χ0v) is 15.6. The van der Waals surface area contributed by atoms with E-state index in [-0.39, 0.29) is 12.0 Å². The van der Waals surface area contributed by atoms with Crippen molar-refractivity contribution in [2.45, 2.75) is 32.0 Å². The molecular formula is C19H24N4O2S. The van der Waals surface area contributed by atoms with Crippen molar-refractivity contribution >= 4 is 17.2 Å². The second-order valence-corrected chi connectivity index (χ2v) is 8.11. The van der Waals surface area contributed by atoms with Crippen molar-refractivity contribution in [1.82, 2.24) is 19.8 Å². The minimum atomic E-state index is 0.0404. The fourth-order valence-corrected chi connectivity index (χ4v) is 3.88. The molecule has 2 aromatic heterocycles. The van der Waals surface area contributed by atoms with Crippen LogP contribution in [0.25, 0.3) is 0 Å².